The number of carbonyl (C=O) groups excluding carboxylic acids is 1. The summed E-state index contributed by atoms with van der Waals surface area (Å²) in [5.41, 5.74) is 1.44. The predicted molar refractivity (Wildman–Crippen MR) is 90.4 cm³/mol. The van der Waals surface area contributed by atoms with Gasteiger partial charge in [0.25, 0.3) is 0 Å². The standard InChI is InChI=1S/C18H17ClFNO3/c1-23-16-8-14(19)15(9-17(16)24-2)21-18(22)13-7-12(13)10-3-5-11(20)6-4-10/h3-6,8-9,12-13H,7H2,1-2H3,(H,21,22)/t12-,13-/m1/s1. The van der Waals surface area contributed by atoms with Gasteiger partial charge >= 0.3 is 0 Å². The Hall–Kier alpha value is -2.27. The van der Waals surface area contributed by atoms with E-state index < -0.39 is 0 Å². The molecule has 1 N–H and O–H groups in total. The van der Waals surface area contributed by atoms with Crippen LogP contribution in [0.4, 0.5) is 10.1 Å². The Morgan fingerprint density at radius 2 is 1.79 bits per heavy atom. The number of anilines is 1. The first-order valence-electron chi connectivity index (χ1n) is 7.51. The number of rotatable bonds is 5. The van der Waals surface area contributed by atoms with Gasteiger partial charge in [0.15, 0.2) is 11.5 Å². The van der Waals surface area contributed by atoms with Gasteiger partial charge in [-0.25, -0.2) is 4.39 Å². The Morgan fingerprint density at radius 3 is 2.42 bits per heavy atom. The maximum absolute atomic E-state index is 13.0. The third kappa shape index (κ3) is 3.31. The normalized spacial score (nSPS) is 18.8. The van der Waals surface area contributed by atoms with Crippen LogP contribution < -0.4 is 14.8 Å². The summed E-state index contributed by atoms with van der Waals surface area (Å²) in [5.74, 6) is 0.569. The summed E-state index contributed by atoms with van der Waals surface area (Å²) in [6, 6.07) is 9.49. The Morgan fingerprint density at radius 1 is 1.17 bits per heavy atom. The van der Waals surface area contributed by atoms with Gasteiger partial charge < -0.3 is 14.8 Å². The third-order valence-electron chi connectivity index (χ3n) is 4.16. The van der Waals surface area contributed by atoms with Crippen LogP contribution in [0.2, 0.25) is 5.02 Å². The molecule has 0 heterocycles. The van der Waals surface area contributed by atoms with E-state index in [0.717, 1.165) is 12.0 Å². The van der Waals surface area contributed by atoms with Gasteiger partial charge in [-0.15, -0.1) is 0 Å². The number of halogens is 2. The second-order valence-corrected chi connectivity index (χ2v) is 6.08. The minimum absolute atomic E-state index is 0.113. The zero-order valence-electron chi connectivity index (χ0n) is 13.3. The van der Waals surface area contributed by atoms with Crippen LogP contribution in [-0.2, 0) is 4.79 Å². The Kier molecular flexibility index (Phi) is 4.62. The molecule has 0 radical (unpaired) electrons. The van der Waals surface area contributed by atoms with Crippen molar-refractivity contribution in [3.05, 3.63) is 52.8 Å². The molecule has 3 rings (SSSR count). The van der Waals surface area contributed by atoms with E-state index in [4.69, 9.17) is 21.1 Å². The molecule has 1 aliphatic rings. The monoisotopic (exact) mass is 349 g/mol. The second kappa shape index (κ2) is 6.69. The van der Waals surface area contributed by atoms with Gasteiger partial charge in [-0.3, -0.25) is 4.79 Å². The van der Waals surface area contributed by atoms with E-state index in [9.17, 15) is 9.18 Å². The van der Waals surface area contributed by atoms with Crippen LogP contribution >= 0.6 is 11.6 Å². The van der Waals surface area contributed by atoms with Crippen molar-refractivity contribution in [3.8, 4) is 11.5 Å². The maximum atomic E-state index is 13.0. The molecule has 0 aliphatic heterocycles. The number of ether oxygens (including phenoxy) is 2. The molecule has 0 saturated heterocycles. The first-order chi connectivity index (χ1) is 11.5. The molecule has 0 bridgehead atoms. The third-order valence-corrected chi connectivity index (χ3v) is 4.47. The minimum atomic E-state index is -0.280. The average molecular weight is 350 g/mol. The summed E-state index contributed by atoms with van der Waals surface area (Å²) < 4.78 is 23.4. The molecule has 1 saturated carbocycles. The predicted octanol–water partition coefficient (Wildman–Crippen LogP) is 4.24. The van der Waals surface area contributed by atoms with Gasteiger partial charge in [0.2, 0.25) is 5.91 Å². The van der Waals surface area contributed by atoms with Crippen LogP contribution in [0, 0.1) is 11.7 Å². The van der Waals surface area contributed by atoms with Gasteiger partial charge in [-0.1, -0.05) is 23.7 Å². The fraction of sp³-hybridized carbons (Fsp3) is 0.278. The molecule has 2 atom stereocenters. The van der Waals surface area contributed by atoms with E-state index in [-0.39, 0.29) is 23.6 Å². The van der Waals surface area contributed by atoms with Crippen LogP contribution in [0.1, 0.15) is 17.9 Å². The molecule has 0 unspecified atom stereocenters. The zero-order valence-corrected chi connectivity index (χ0v) is 14.1. The first kappa shape index (κ1) is 16.6. The Balaban J connectivity index is 1.71. The summed E-state index contributed by atoms with van der Waals surface area (Å²) in [5, 5.41) is 3.20. The minimum Gasteiger partial charge on any atom is -0.493 e. The molecule has 24 heavy (non-hydrogen) atoms. The van der Waals surface area contributed by atoms with Crippen molar-refractivity contribution in [2.45, 2.75) is 12.3 Å². The number of amides is 1. The summed E-state index contributed by atoms with van der Waals surface area (Å²) >= 11 is 6.19. The molecule has 2 aromatic carbocycles. The SMILES string of the molecule is COc1cc(Cl)c(NC(=O)[C@@H]2C[C@@H]2c2ccc(F)cc2)cc1OC. The molecule has 4 nitrogen and oxygen atoms in total. The van der Waals surface area contributed by atoms with Gasteiger partial charge in [-0.05, 0) is 30.0 Å². The van der Waals surface area contributed by atoms with E-state index in [2.05, 4.69) is 5.32 Å². The highest BCUT2D eigenvalue weighted by atomic mass is 35.5. The first-order valence-corrected chi connectivity index (χ1v) is 7.89. The van der Waals surface area contributed by atoms with Crippen LogP contribution in [0.15, 0.2) is 36.4 Å². The highest BCUT2D eigenvalue weighted by Gasteiger charge is 2.44. The largest absolute Gasteiger partial charge is 0.493 e. The lowest BCUT2D eigenvalue weighted by Crippen LogP contribution is -2.15. The van der Waals surface area contributed by atoms with E-state index in [1.807, 2.05) is 0 Å². The summed E-state index contributed by atoms with van der Waals surface area (Å²) in [4.78, 5) is 12.4. The van der Waals surface area contributed by atoms with Crippen molar-refractivity contribution >= 4 is 23.2 Å². The molecule has 1 amide bonds. The molecule has 0 spiro atoms. The van der Waals surface area contributed by atoms with Crippen LogP contribution in [0.25, 0.3) is 0 Å². The molecule has 0 aromatic heterocycles. The van der Waals surface area contributed by atoms with Gasteiger partial charge in [0.1, 0.15) is 5.82 Å². The smallest absolute Gasteiger partial charge is 0.228 e. The molecular weight excluding hydrogens is 333 g/mol. The van der Waals surface area contributed by atoms with Crippen molar-refractivity contribution in [1.82, 2.24) is 0 Å². The fourth-order valence-electron chi connectivity index (χ4n) is 2.74. The second-order valence-electron chi connectivity index (χ2n) is 5.68. The van der Waals surface area contributed by atoms with E-state index in [1.54, 1.807) is 24.3 Å². The van der Waals surface area contributed by atoms with Crippen molar-refractivity contribution in [3.63, 3.8) is 0 Å². The van der Waals surface area contributed by atoms with E-state index in [0.29, 0.717) is 22.2 Å². The van der Waals surface area contributed by atoms with Crippen LogP contribution in [-0.4, -0.2) is 20.1 Å². The van der Waals surface area contributed by atoms with Crippen molar-refractivity contribution in [2.75, 3.05) is 19.5 Å². The lowest BCUT2D eigenvalue weighted by atomic mass is 10.1. The number of hydrogen-bond acceptors (Lipinski definition) is 3. The molecule has 126 valence electrons. The summed E-state index contributed by atoms with van der Waals surface area (Å²) in [6.45, 7) is 0. The lowest BCUT2D eigenvalue weighted by molar-refractivity contribution is -0.117. The van der Waals surface area contributed by atoms with Crippen molar-refractivity contribution in [1.29, 1.82) is 0 Å². The van der Waals surface area contributed by atoms with Crippen molar-refractivity contribution in [2.24, 2.45) is 5.92 Å². The number of hydrogen-bond donors (Lipinski definition) is 1. The van der Waals surface area contributed by atoms with Crippen molar-refractivity contribution < 1.29 is 18.7 Å². The van der Waals surface area contributed by atoms with Crippen LogP contribution in [0.3, 0.4) is 0 Å². The Labute approximate surface area is 144 Å². The molecule has 1 aliphatic carbocycles. The number of methoxy groups -OCH3 is 2. The average Bonchev–Trinajstić information content (AvgIpc) is 3.37. The molecule has 6 heteroatoms. The highest BCUT2D eigenvalue weighted by molar-refractivity contribution is 6.34. The molecular formula is C18H17ClFNO3. The number of carbonyl (C=O) groups is 1. The van der Waals surface area contributed by atoms with E-state index >= 15 is 0 Å². The van der Waals surface area contributed by atoms with E-state index in [1.165, 1.54) is 26.4 Å². The summed E-state index contributed by atoms with van der Waals surface area (Å²) in [7, 11) is 3.03. The van der Waals surface area contributed by atoms with Crippen LogP contribution in [0.5, 0.6) is 11.5 Å². The number of benzene rings is 2. The zero-order chi connectivity index (χ0) is 17.3. The quantitative estimate of drug-likeness (QED) is 0.878. The molecule has 2 aromatic rings. The topological polar surface area (TPSA) is 47.6 Å². The maximum Gasteiger partial charge on any atom is 0.228 e. The molecule has 1 fully saturated rings. The Bertz CT molecular complexity index is 764. The number of nitrogens with one attached hydrogen (secondary N) is 1. The highest BCUT2D eigenvalue weighted by Crippen LogP contribution is 2.48. The summed E-state index contributed by atoms with van der Waals surface area (Å²) in [6.07, 6.45) is 0.738. The lowest BCUT2D eigenvalue weighted by Gasteiger charge is -2.12. The van der Waals surface area contributed by atoms with Gasteiger partial charge in [-0.2, -0.15) is 0 Å². The fourth-order valence-corrected chi connectivity index (χ4v) is 2.94. The van der Waals surface area contributed by atoms with Gasteiger partial charge in [0, 0.05) is 18.1 Å². The van der Waals surface area contributed by atoms with Gasteiger partial charge in [0.05, 0.1) is 24.9 Å².